The van der Waals surface area contributed by atoms with Crippen molar-refractivity contribution in [2.75, 3.05) is 0 Å². The van der Waals surface area contributed by atoms with E-state index in [1.807, 2.05) is 0 Å². The Kier molecular flexibility index (Phi) is 1.90. The van der Waals surface area contributed by atoms with E-state index >= 15 is 0 Å². The van der Waals surface area contributed by atoms with Gasteiger partial charge in [-0.05, 0) is 18.8 Å². The maximum atomic E-state index is 12.1. The maximum Gasteiger partial charge on any atom is 0.417 e. The van der Waals surface area contributed by atoms with Crippen LogP contribution in [0.3, 0.4) is 0 Å². The molecule has 0 aromatic carbocycles. The van der Waals surface area contributed by atoms with Crippen LogP contribution in [0, 0.1) is 5.92 Å². The van der Waals surface area contributed by atoms with Crippen LogP contribution in [0.5, 0.6) is 0 Å². The Bertz CT molecular complexity index is 152. The van der Waals surface area contributed by atoms with E-state index in [0.29, 0.717) is 12.8 Å². The van der Waals surface area contributed by atoms with E-state index in [1.54, 1.807) is 6.92 Å². The van der Waals surface area contributed by atoms with Crippen molar-refractivity contribution in [3.05, 3.63) is 0 Å². The Labute approximate surface area is 63.2 Å². The molecule has 0 radical (unpaired) electrons. The van der Waals surface area contributed by atoms with E-state index in [9.17, 15) is 13.2 Å². The third-order valence-electron chi connectivity index (χ3n) is 2.53. The monoisotopic (exact) mass is 168 g/mol. The molecular formula is C7H11F3O. The van der Waals surface area contributed by atoms with Gasteiger partial charge in [-0.2, -0.15) is 13.2 Å². The van der Waals surface area contributed by atoms with Gasteiger partial charge in [-0.15, -0.1) is 0 Å². The summed E-state index contributed by atoms with van der Waals surface area (Å²) >= 11 is 0. The van der Waals surface area contributed by atoms with Crippen LogP contribution in [0.1, 0.15) is 26.2 Å². The zero-order valence-corrected chi connectivity index (χ0v) is 6.28. The molecule has 1 saturated carbocycles. The van der Waals surface area contributed by atoms with E-state index in [0.717, 1.165) is 0 Å². The summed E-state index contributed by atoms with van der Waals surface area (Å²) in [6, 6.07) is 0. The Morgan fingerprint density at radius 2 is 2.09 bits per heavy atom. The molecule has 1 aliphatic carbocycles. The molecule has 0 aromatic heterocycles. The lowest BCUT2D eigenvalue weighted by Crippen LogP contribution is -2.57. The fourth-order valence-electron chi connectivity index (χ4n) is 1.54. The summed E-state index contributed by atoms with van der Waals surface area (Å²) in [4.78, 5) is 0. The van der Waals surface area contributed by atoms with Crippen LogP contribution in [0.2, 0.25) is 0 Å². The van der Waals surface area contributed by atoms with Gasteiger partial charge in [0.2, 0.25) is 0 Å². The van der Waals surface area contributed by atoms with Gasteiger partial charge in [0.05, 0.1) is 0 Å². The van der Waals surface area contributed by atoms with E-state index in [1.165, 1.54) is 0 Å². The second kappa shape index (κ2) is 2.37. The predicted molar refractivity (Wildman–Crippen MR) is 34.0 cm³/mol. The minimum atomic E-state index is -4.44. The van der Waals surface area contributed by atoms with Crippen molar-refractivity contribution in [1.82, 2.24) is 0 Å². The molecule has 2 atom stereocenters. The van der Waals surface area contributed by atoms with Crippen molar-refractivity contribution in [3.63, 3.8) is 0 Å². The first-order valence-corrected chi connectivity index (χ1v) is 3.71. The number of halogens is 3. The topological polar surface area (TPSA) is 20.2 Å². The van der Waals surface area contributed by atoms with Crippen LogP contribution in [-0.4, -0.2) is 16.9 Å². The summed E-state index contributed by atoms with van der Waals surface area (Å²) in [6.45, 7) is 1.67. The highest BCUT2D eigenvalue weighted by molar-refractivity contribution is 5.00. The number of rotatable bonds is 1. The van der Waals surface area contributed by atoms with Crippen molar-refractivity contribution < 1.29 is 18.3 Å². The second-order valence-corrected chi connectivity index (χ2v) is 3.07. The van der Waals surface area contributed by atoms with Gasteiger partial charge in [-0.25, -0.2) is 0 Å². The molecule has 0 unspecified atom stereocenters. The summed E-state index contributed by atoms with van der Waals surface area (Å²) < 4.78 is 36.2. The number of hydrogen-bond acceptors (Lipinski definition) is 1. The second-order valence-electron chi connectivity index (χ2n) is 3.07. The molecule has 1 aliphatic rings. The van der Waals surface area contributed by atoms with Gasteiger partial charge in [0.25, 0.3) is 0 Å². The van der Waals surface area contributed by atoms with Crippen LogP contribution in [-0.2, 0) is 0 Å². The number of hydrogen-bond donors (Lipinski definition) is 1. The minimum absolute atomic E-state index is 0.130. The molecule has 0 bridgehead atoms. The van der Waals surface area contributed by atoms with Gasteiger partial charge < -0.3 is 5.11 Å². The summed E-state index contributed by atoms with van der Waals surface area (Å²) in [5.41, 5.74) is -2.37. The van der Waals surface area contributed by atoms with Gasteiger partial charge in [0, 0.05) is 0 Å². The molecule has 1 rings (SSSR count). The predicted octanol–water partition coefficient (Wildman–Crippen LogP) is 2.10. The molecule has 4 heteroatoms. The van der Waals surface area contributed by atoms with E-state index in [-0.39, 0.29) is 6.42 Å². The Morgan fingerprint density at radius 3 is 2.18 bits per heavy atom. The molecule has 0 aliphatic heterocycles. The van der Waals surface area contributed by atoms with Gasteiger partial charge >= 0.3 is 6.18 Å². The average Bonchev–Trinajstić information content (AvgIpc) is 1.83. The summed E-state index contributed by atoms with van der Waals surface area (Å²) in [5.74, 6) is -0.581. The smallest absolute Gasteiger partial charge is 0.380 e. The van der Waals surface area contributed by atoms with Crippen molar-refractivity contribution in [3.8, 4) is 0 Å². The van der Waals surface area contributed by atoms with Crippen molar-refractivity contribution in [1.29, 1.82) is 0 Å². The summed E-state index contributed by atoms with van der Waals surface area (Å²) in [6.07, 6.45) is -3.68. The zero-order valence-electron chi connectivity index (χ0n) is 6.28. The molecule has 0 spiro atoms. The van der Waals surface area contributed by atoms with Crippen molar-refractivity contribution in [2.45, 2.75) is 38.0 Å². The Balaban J connectivity index is 2.68. The lowest BCUT2D eigenvalue weighted by atomic mass is 9.67. The third-order valence-corrected chi connectivity index (χ3v) is 2.53. The van der Waals surface area contributed by atoms with Crippen molar-refractivity contribution >= 4 is 0 Å². The third kappa shape index (κ3) is 1.13. The molecule has 1 N–H and O–H groups in total. The number of aliphatic hydroxyl groups is 1. The normalized spacial score (nSPS) is 38.5. The van der Waals surface area contributed by atoms with E-state index in [4.69, 9.17) is 5.11 Å². The van der Waals surface area contributed by atoms with E-state index in [2.05, 4.69) is 0 Å². The highest BCUT2D eigenvalue weighted by Crippen LogP contribution is 2.50. The molecule has 0 amide bonds. The maximum absolute atomic E-state index is 12.1. The highest BCUT2D eigenvalue weighted by atomic mass is 19.4. The van der Waals surface area contributed by atoms with E-state index < -0.39 is 17.7 Å². The molecule has 0 heterocycles. The minimum Gasteiger partial charge on any atom is -0.380 e. The lowest BCUT2D eigenvalue weighted by molar-refractivity contribution is -0.310. The summed E-state index contributed by atoms with van der Waals surface area (Å²) in [5, 5.41) is 9.08. The highest BCUT2D eigenvalue weighted by Gasteiger charge is 2.62. The lowest BCUT2D eigenvalue weighted by Gasteiger charge is -2.45. The molecular weight excluding hydrogens is 157 g/mol. The first-order chi connectivity index (χ1) is 4.92. The molecule has 11 heavy (non-hydrogen) atoms. The fraction of sp³-hybridized carbons (Fsp3) is 1.00. The Morgan fingerprint density at radius 1 is 1.55 bits per heavy atom. The Hall–Kier alpha value is -0.250. The molecule has 0 saturated heterocycles. The van der Waals surface area contributed by atoms with Crippen LogP contribution in [0.4, 0.5) is 13.2 Å². The van der Waals surface area contributed by atoms with Gasteiger partial charge in [-0.1, -0.05) is 13.3 Å². The molecule has 66 valence electrons. The van der Waals surface area contributed by atoms with Crippen LogP contribution in [0.15, 0.2) is 0 Å². The van der Waals surface area contributed by atoms with Crippen LogP contribution < -0.4 is 0 Å². The van der Waals surface area contributed by atoms with Crippen molar-refractivity contribution in [2.24, 2.45) is 5.92 Å². The molecule has 1 fully saturated rings. The standard InChI is InChI=1S/C7H11F3O/c1-2-5-3-4-6(5,11)7(8,9)10/h5,11H,2-4H2,1H3/t5-,6+/m0/s1. The quantitative estimate of drug-likeness (QED) is 0.635. The zero-order chi connectivity index (χ0) is 8.70. The van der Waals surface area contributed by atoms with Gasteiger partial charge in [0.1, 0.15) is 0 Å². The molecule has 0 aromatic rings. The molecule has 1 nitrogen and oxygen atoms in total. The SMILES string of the molecule is CC[C@H]1CC[C@]1(O)C(F)(F)F. The number of alkyl halides is 3. The average molecular weight is 168 g/mol. The summed E-state index contributed by atoms with van der Waals surface area (Å²) in [7, 11) is 0. The van der Waals surface area contributed by atoms with Gasteiger partial charge in [0.15, 0.2) is 5.60 Å². The first-order valence-electron chi connectivity index (χ1n) is 3.71. The van der Waals surface area contributed by atoms with Crippen LogP contribution >= 0.6 is 0 Å². The van der Waals surface area contributed by atoms with Crippen LogP contribution in [0.25, 0.3) is 0 Å². The fourth-order valence-corrected chi connectivity index (χ4v) is 1.54. The largest absolute Gasteiger partial charge is 0.417 e. The first kappa shape index (κ1) is 8.84. The van der Waals surface area contributed by atoms with Gasteiger partial charge in [-0.3, -0.25) is 0 Å².